The molecule has 2 N–H and O–H groups in total. The number of fused-ring (bicyclic) bond motifs is 3. The molecule has 3 atom stereocenters. The van der Waals surface area contributed by atoms with Gasteiger partial charge in [-0.1, -0.05) is 24.3 Å². The van der Waals surface area contributed by atoms with E-state index >= 15 is 0 Å². The number of hydrogen-bond donors (Lipinski definition) is 2. The summed E-state index contributed by atoms with van der Waals surface area (Å²) in [5.74, 6) is 1.76. The van der Waals surface area contributed by atoms with Gasteiger partial charge in [-0.15, -0.1) is 0 Å². The smallest absolute Gasteiger partial charge is 0.123 e. The highest BCUT2D eigenvalue weighted by atomic mass is 19.1. The van der Waals surface area contributed by atoms with Crippen LogP contribution in [0.2, 0.25) is 0 Å². The average molecular weight is 434 g/mol. The molecule has 1 fully saturated rings. The molecular weight excluding hydrogens is 405 g/mol. The van der Waals surface area contributed by atoms with E-state index in [-0.39, 0.29) is 23.8 Å². The van der Waals surface area contributed by atoms with E-state index in [1.807, 2.05) is 37.3 Å². The lowest BCUT2D eigenvalue weighted by Crippen LogP contribution is -2.39. The monoisotopic (exact) mass is 433 g/mol. The van der Waals surface area contributed by atoms with Gasteiger partial charge < -0.3 is 14.4 Å². The highest BCUT2D eigenvalue weighted by molar-refractivity contribution is 5.59. The van der Waals surface area contributed by atoms with Gasteiger partial charge in [0.2, 0.25) is 0 Å². The van der Waals surface area contributed by atoms with Crippen LogP contribution in [0.4, 0.5) is 10.1 Å². The summed E-state index contributed by atoms with van der Waals surface area (Å²) in [4.78, 5) is 2.36. The maximum absolute atomic E-state index is 14.2. The van der Waals surface area contributed by atoms with Gasteiger partial charge in [-0.2, -0.15) is 0 Å². The van der Waals surface area contributed by atoms with Crippen LogP contribution >= 0.6 is 0 Å². The van der Waals surface area contributed by atoms with E-state index in [0.717, 1.165) is 35.8 Å². The Morgan fingerprint density at radius 3 is 2.38 bits per heavy atom. The van der Waals surface area contributed by atoms with Gasteiger partial charge in [0.1, 0.15) is 17.3 Å². The molecule has 2 aliphatic heterocycles. The van der Waals surface area contributed by atoms with E-state index in [9.17, 15) is 4.39 Å². The van der Waals surface area contributed by atoms with Crippen molar-refractivity contribution < 1.29 is 13.9 Å². The van der Waals surface area contributed by atoms with Gasteiger partial charge in [0.05, 0.1) is 25.8 Å². The predicted octanol–water partition coefficient (Wildman–Crippen LogP) is 4.76. The number of rotatable bonds is 6. The second-order valence-corrected chi connectivity index (χ2v) is 8.34. The molecule has 0 bridgehead atoms. The third-order valence-corrected chi connectivity index (χ3v) is 6.43. The second kappa shape index (κ2) is 8.81. The van der Waals surface area contributed by atoms with Crippen LogP contribution in [0.25, 0.3) is 0 Å². The maximum atomic E-state index is 14.2. The molecular formula is C26H28FN3O2. The summed E-state index contributed by atoms with van der Waals surface area (Å²) in [6.45, 7) is 4.24. The fraction of sp³-hybridized carbons (Fsp3) is 0.308. The first kappa shape index (κ1) is 20.8. The van der Waals surface area contributed by atoms with Gasteiger partial charge in [-0.3, -0.25) is 0 Å². The zero-order valence-corrected chi connectivity index (χ0v) is 18.3. The standard InChI is InChI=1S/C26H28FN3O2/c1-3-32-21-11-6-18(7-12-21)25-23-16-30(15-17-4-9-20(31-2)10-5-17)24-13-8-19(27)14-22(24)26(23)29-28-25/h4-14,23,25-26,28-29H,3,15-16H2,1-2H3. The summed E-state index contributed by atoms with van der Waals surface area (Å²) < 4.78 is 25.1. The molecule has 0 amide bonds. The van der Waals surface area contributed by atoms with E-state index in [0.29, 0.717) is 6.61 Å². The average Bonchev–Trinajstić information content (AvgIpc) is 3.24. The fourth-order valence-corrected chi connectivity index (χ4v) is 4.89. The molecule has 0 aliphatic carbocycles. The van der Waals surface area contributed by atoms with Crippen molar-refractivity contribution in [2.24, 2.45) is 5.92 Å². The summed E-state index contributed by atoms with van der Waals surface area (Å²) in [7, 11) is 1.67. The van der Waals surface area contributed by atoms with Crippen molar-refractivity contribution in [1.29, 1.82) is 0 Å². The predicted molar refractivity (Wildman–Crippen MR) is 123 cm³/mol. The molecule has 2 aliphatic rings. The fourth-order valence-electron chi connectivity index (χ4n) is 4.89. The molecule has 32 heavy (non-hydrogen) atoms. The molecule has 6 heteroatoms. The Labute approximate surface area is 188 Å². The number of anilines is 1. The quantitative estimate of drug-likeness (QED) is 0.587. The van der Waals surface area contributed by atoms with E-state index < -0.39 is 0 Å². The summed E-state index contributed by atoms with van der Waals surface area (Å²) in [6, 6.07) is 21.7. The zero-order chi connectivity index (χ0) is 22.1. The molecule has 0 radical (unpaired) electrons. The lowest BCUT2D eigenvalue weighted by atomic mass is 9.82. The normalized spacial score (nSPS) is 21.7. The topological polar surface area (TPSA) is 45.8 Å². The van der Waals surface area contributed by atoms with Crippen molar-refractivity contribution in [2.75, 3.05) is 25.2 Å². The Morgan fingerprint density at radius 1 is 0.938 bits per heavy atom. The lowest BCUT2D eigenvalue weighted by Gasteiger charge is -2.39. The van der Waals surface area contributed by atoms with E-state index in [1.54, 1.807) is 19.2 Å². The summed E-state index contributed by atoms with van der Waals surface area (Å²) in [5, 5.41) is 0. The SMILES string of the molecule is CCOc1ccc(C2NNC3c4cc(F)ccc4N(Cc4ccc(OC)cc4)CC23)cc1. The zero-order valence-electron chi connectivity index (χ0n) is 18.3. The molecule has 2 heterocycles. The first-order valence-electron chi connectivity index (χ1n) is 11.1. The number of halogens is 1. The molecule has 0 aromatic heterocycles. The van der Waals surface area contributed by atoms with E-state index in [2.05, 4.69) is 40.0 Å². The van der Waals surface area contributed by atoms with Crippen LogP contribution in [0.15, 0.2) is 66.7 Å². The van der Waals surface area contributed by atoms with Crippen molar-refractivity contribution in [1.82, 2.24) is 10.9 Å². The van der Waals surface area contributed by atoms with Crippen LogP contribution in [0.5, 0.6) is 11.5 Å². The highest BCUT2D eigenvalue weighted by Gasteiger charge is 2.43. The van der Waals surface area contributed by atoms with Gasteiger partial charge in [-0.05, 0) is 66.1 Å². The largest absolute Gasteiger partial charge is 0.497 e. The van der Waals surface area contributed by atoms with Gasteiger partial charge in [-0.25, -0.2) is 15.2 Å². The molecule has 0 spiro atoms. The molecule has 166 valence electrons. The Balaban J connectivity index is 1.45. The summed E-state index contributed by atoms with van der Waals surface area (Å²) in [6.07, 6.45) is 0. The van der Waals surface area contributed by atoms with Crippen LogP contribution in [-0.2, 0) is 6.54 Å². The number of nitrogens with one attached hydrogen (secondary N) is 2. The minimum Gasteiger partial charge on any atom is -0.497 e. The van der Waals surface area contributed by atoms with Gasteiger partial charge in [0.25, 0.3) is 0 Å². The van der Waals surface area contributed by atoms with Crippen LogP contribution in [-0.4, -0.2) is 20.3 Å². The van der Waals surface area contributed by atoms with E-state index in [1.165, 1.54) is 11.1 Å². The highest BCUT2D eigenvalue weighted by Crippen LogP contribution is 2.46. The first-order valence-corrected chi connectivity index (χ1v) is 11.1. The third kappa shape index (κ3) is 3.92. The number of ether oxygens (including phenoxy) is 2. The van der Waals surface area contributed by atoms with Crippen molar-refractivity contribution in [3.63, 3.8) is 0 Å². The van der Waals surface area contributed by atoms with Gasteiger partial charge in [0, 0.05) is 24.7 Å². The van der Waals surface area contributed by atoms with Gasteiger partial charge >= 0.3 is 0 Å². The molecule has 3 aromatic rings. The number of methoxy groups -OCH3 is 1. The van der Waals surface area contributed by atoms with Crippen molar-refractivity contribution >= 4 is 5.69 Å². The Hall–Kier alpha value is -3.09. The third-order valence-electron chi connectivity index (χ3n) is 6.43. The van der Waals surface area contributed by atoms with Crippen LogP contribution in [0, 0.1) is 11.7 Å². The minimum atomic E-state index is -0.208. The molecule has 1 saturated heterocycles. The molecule has 0 saturated carbocycles. The van der Waals surface area contributed by atoms with E-state index in [4.69, 9.17) is 9.47 Å². The maximum Gasteiger partial charge on any atom is 0.123 e. The lowest BCUT2D eigenvalue weighted by molar-refractivity contribution is 0.339. The first-order chi connectivity index (χ1) is 15.7. The molecule has 5 rings (SSSR count). The van der Waals surface area contributed by atoms with Crippen LogP contribution in [0.1, 0.15) is 35.7 Å². The number of nitrogens with zero attached hydrogens (tertiary/aromatic N) is 1. The number of benzene rings is 3. The minimum absolute atomic E-state index is 0.0457. The van der Waals surface area contributed by atoms with Crippen molar-refractivity contribution in [3.05, 3.63) is 89.2 Å². The van der Waals surface area contributed by atoms with Crippen molar-refractivity contribution in [2.45, 2.75) is 25.6 Å². The molecule has 3 unspecified atom stereocenters. The van der Waals surface area contributed by atoms with Crippen LogP contribution in [0.3, 0.4) is 0 Å². The molecule has 5 nitrogen and oxygen atoms in total. The summed E-state index contributed by atoms with van der Waals surface area (Å²) >= 11 is 0. The Kier molecular flexibility index (Phi) is 5.72. The van der Waals surface area contributed by atoms with Gasteiger partial charge in [0.15, 0.2) is 0 Å². The number of hydrogen-bond acceptors (Lipinski definition) is 5. The molecule has 3 aromatic carbocycles. The Bertz CT molecular complexity index is 1070. The Morgan fingerprint density at radius 2 is 1.66 bits per heavy atom. The van der Waals surface area contributed by atoms with Crippen LogP contribution < -0.4 is 25.2 Å². The summed E-state index contributed by atoms with van der Waals surface area (Å²) in [5.41, 5.74) is 11.4. The number of hydrazine groups is 1. The van der Waals surface area contributed by atoms with Crippen molar-refractivity contribution in [3.8, 4) is 11.5 Å². The second-order valence-electron chi connectivity index (χ2n) is 8.34.